The van der Waals surface area contributed by atoms with Crippen molar-refractivity contribution in [3.05, 3.63) is 46.3 Å². The Kier molecular flexibility index (Phi) is 9.90. The first-order chi connectivity index (χ1) is 11.9. The van der Waals surface area contributed by atoms with Gasteiger partial charge in [-0.2, -0.15) is 5.26 Å². The number of carbonyl (C=O) groups excluding carboxylic acids is 1. The van der Waals surface area contributed by atoms with E-state index >= 15 is 0 Å². The summed E-state index contributed by atoms with van der Waals surface area (Å²) in [6.45, 7) is 4.35. The van der Waals surface area contributed by atoms with Gasteiger partial charge in [0, 0.05) is 36.7 Å². The number of halogens is 1. The molecule has 0 bridgehead atoms. The fourth-order valence-corrected chi connectivity index (χ4v) is 2.75. The molecule has 1 atom stereocenters. The first kappa shape index (κ1) is 21.2. The standard InChI is InChI=1S/C11H20N2O2S.C7H4ClN/c1-10-4-7-13(8-5-10)11(14)12-6-3-9-16(2)15;8-7-4-2-1-3-6(7)5-9/h3,9-10H,4-8H2,1-2H3,(H,12,14);1-4H/b9-3-;. The van der Waals surface area contributed by atoms with Crippen LogP contribution in [0.1, 0.15) is 25.3 Å². The zero-order chi connectivity index (χ0) is 18.7. The molecule has 1 aliphatic rings. The molecule has 7 heteroatoms. The number of likely N-dealkylation sites (tertiary alicyclic amines) is 1. The van der Waals surface area contributed by atoms with Gasteiger partial charge in [0.2, 0.25) is 0 Å². The number of hydrogen-bond donors (Lipinski definition) is 1. The highest BCUT2D eigenvalue weighted by Gasteiger charge is 2.19. The Labute approximate surface area is 157 Å². The van der Waals surface area contributed by atoms with E-state index in [-0.39, 0.29) is 6.03 Å². The molecule has 136 valence electrons. The van der Waals surface area contributed by atoms with Crippen LogP contribution in [0, 0.1) is 17.2 Å². The number of urea groups is 1. The van der Waals surface area contributed by atoms with Crippen molar-refractivity contribution in [1.29, 1.82) is 5.26 Å². The van der Waals surface area contributed by atoms with Gasteiger partial charge in [-0.3, -0.25) is 4.21 Å². The fourth-order valence-electron chi connectivity index (χ4n) is 2.21. The first-order valence-electron chi connectivity index (χ1n) is 8.10. The molecule has 25 heavy (non-hydrogen) atoms. The Bertz CT molecular complexity index is 650. The lowest BCUT2D eigenvalue weighted by atomic mass is 10.00. The number of piperidine rings is 1. The van der Waals surface area contributed by atoms with Crippen molar-refractivity contribution in [2.24, 2.45) is 5.92 Å². The van der Waals surface area contributed by atoms with Gasteiger partial charge in [0.15, 0.2) is 0 Å². The van der Waals surface area contributed by atoms with Crippen LogP contribution >= 0.6 is 11.6 Å². The van der Waals surface area contributed by atoms with Gasteiger partial charge in [0.1, 0.15) is 6.07 Å². The minimum absolute atomic E-state index is 0.0153. The number of amides is 2. The predicted octanol–water partition coefficient (Wildman–Crippen LogP) is 3.53. The van der Waals surface area contributed by atoms with E-state index < -0.39 is 10.8 Å². The van der Waals surface area contributed by atoms with Crippen molar-refractivity contribution in [2.45, 2.75) is 19.8 Å². The van der Waals surface area contributed by atoms with Crippen molar-refractivity contribution < 1.29 is 9.00 Å². The van der Waals surface area contributed by atoms with Crippen LogP contribution in [0.4, 0.5) is 4.79 Å². The lowest BCUT2D eigenvalue weighted by Crippen LogP contribution is -2.44. The second-order valence-corrected chi connectivity index (χ2v) is 7.49. The summed E-state index contributed by atoms with van der Waals surface area (Å²) < 4.78 is 10.7. The van der Waals surface area contributed by atoms with Gasteiger partial charge in [-0.25, -0.2) is 4.79 Å². The van der Waals surface area contributed by atoms with Crippen LogP contribution in [-0.2, 0) is 10.8 Å². The van der Waals surface area contributed by atoms with Crippen LogP contribution in [0.3, 0.4) is 0 Å². The summed E-state index contributed by atoms with van der Waals surface area (Å²) in [4.78, 5) is 13.5. The topological polar surface area (TPSA) is 73.2 Å². The minimum atomic E-state index is -0.935. The molecule has 1 aromatic carbocycles. The number of nitrogens with one attached hydrogen (secondary N) is 1. The summed E-state index contributed by atoms with van der Waals surface area (Å²) in [6, 6.07) is 8.90. The maximum Gasteiger partial charge on any atom is 0.317 e. The lowest BCUT2D eigenvalue weighted by Gasteiger charge is -2.30. The van der Waals surface area contributed by atoms with Gasteiger partial charge in [-0.15, -0.1) is 0 Å². The van der Waals surface area contributed by atoms with Crippen LogP contribution in [0.25, 0.3) is 0 Å². The third kappa shape index (κ3) is 8.71. The van der Waals surface area contributed by atoms with E-state index in [1.54, 1.807) is 42.0 Å². The van der Waals surface area contributed by atoms with Gasteiger partial charge in [-0.1, -0.05) is 36.7 Å². The molecule has 1 heterocycles. The van der Waals surface area contributed by atoms with Crippen molar-refractivity contribution in [1.82, 2.24) is 10.2 Å². The molecule has 1 N–H and O–H groups in total. The molecular formula is C18H24ClN3O2S. The van der Waals surface area contributed by atoms with E-state index in [1.165, 1.54) is 0 Å². The molecular weight excluding hydrogens is 358 g/mol. The average Bonchev–Trinajstić information content (AvgIpc) is 2.60. The van der Waals surface area contributed by atoms with Crippen LogP contribution in [0.5, 0.6) is 0 Å². The summed E-state index contributed by atoms with van der Waals surface area (Å²) in [6.07, 6.45) is 5.50. The van der Waals surface area contributed by atoms with Gasteiger partial charge in [0.05, 0.1) is 10.6 Å². The fraction of sp³-hybridized carbons (Fsp3) is 0.444. The Morgan fingerprint density at radius 1 is 1.44 bits per heavy atom. The van der Waals surface area contributed by atoms with Crippen molar-refractivity contribution in [3.8, 4) is 6.07 Å². The van der Waals surface area contributed by atoms with Gasteiger partial charge < -0.3 is 10.2 Å². The zero-order valence-electron chi connectivity index (χ0n) is 14.6. The minimum Gasteiger partial charge on any atom is -0.334 e. The van der Waals surface area contributed by atoms with Crippen LogP contribution in [-0.4, -0.2) is 41.0 Å². The normalized spacial score (nSPS) is 15.8. The van der Waals surface area contributed by atoms with Gasteiger partial charge >= 0.3 is 6.03 Å². The number of carbonyl (C=O) groups is 1. The molecule has 1 fully saturated rings. The molecule has 1 aliphatic heterocycles. The van der Waals surface area contributed by atoms with Gasteiger partial charge in [0.25, 0.3) is 0 Å². The monoisotopic (exact) mass is 381 g/mol. The highest BCUT2D eigenvalue weighted by Crippen LogP contribution is 2.15. The number of nitriles is 1. The molecule has 5 nitrogen and oxygen atoms in total. The van der Waals surface area contributed by atoms with Gasteiger partial charge in [-0.05, 0) is 36.3 Å². The van der Waals surface area contributed by atoms with Crippen molar-refractivity contribution in [3.63, 3.8) is 0 Å². The number of rotatable bonds is 3. The molecule has 1 saturated heterocycles. The molecule has 1 aromatic rings. The summed E-state index contributed by atoms with van der Waals surface area (Å²) in [5.74, 6) is 0.728. The van der Waals surface area contributed by atoms with E-state index in [0.717, 1.165) is 31.8 Å². The molecule has 0 radical (unpaired) electrons. The summed E-state index contributed by atoms with van der Waals surface area (Å²) >= 11 is 5.60. The van der Waals surface area contributed by atoms with E-state index in [9.17, 15) is 9.00 Å². The van der Waals surface area contributed by atoms with E-state index in [1.807, 2.05) is 11.0 Å². The summed E-state index contributed by atoms with van der Waals surface area (Å²) in [7, 11) is -0.935. The number of benzene rings is 1. The highest BCUT2D eigenvalue weighted by molar-refractivity contribution is 7.87. The Hall–Kier alpha value is -1.84. The molecule has 0 aromatic heterocycles. The van der Waals surface area contributed by atoms with Crippen LogP contribution in [0.15, 0.2) is 35.7 Å². The second kappa shape index (κ2) is 11.7. The van der Waals surface area contributed by atoms with Crippen LogP contribution in [0.2, 0.25) is 5.02 Å². The Balaban J connectivity index is 0.000000293. The molecule has 0 spiro atoms. The Morgan fingerprint density at radius 3 is 2.60 bits per heavy atom. The Morgan fingerprint density at radius 2 is 2.08 bits per heavy atom. The number of nitrogens with zero attached hydrogens (tertiary/aromatic N) is 2. The van der Waals surface area contributed by atoms with E-state index in [0.29, 0.717) is 17.1 Å². The zero-order valence-corrected chi connectivity index (χ0v) is 16.1. The third-order valence-corrected chi connectivity index (χ3v) is 4.63. The van der Waals surface area contributed by atoms with Crippen molar-refractivity contribution >= 4 is 28.4 Å². The number of hydrogen-bond acceptors (Lipinski definition) is 3. The molecule has 0 aliphatic carbocycles. The second-order valence-electron chi connectivity index (χ2n) is 5.82. The molecule has 2 rings (SSSR count). The van der Waals surface area contributed by atoms with E-state index in [4.69, 9.17) is 16.9 Å². The van der Waals surface area contributed by atoms with E-state index in [2.05, 4.69) is 12.2 Å². The maximum atomic E-state index is 11.7. The smallest absolute Gasteiger partial charge is 0.317 e. The maximum absolute atomic E-state index is 11.7. The third-order valence-electron chi connectivity index (χ3n) is 3.72. The largest absolute Gasteiger partial charge is 0.334 e. The summed E-state index contributed by atoms with van der Waals surface area (Å²) in [5, 5.41) is 13.3. The SMILES string of the molecule is CC1CCN(C(=O)NC/C=C\S(C)=O)CC1.N#Cc1ccccc1Cl. The highest BCUT2D eigenvalue weighted by atomic mass is 35.5. The average molecular weight is 382 g/mol. The van der Waals surface area contributed by atoms with Crippen LogP contribution < -0.4 is 5.32 Å². The first-order valence-corrected chi connectivity index (χ1v) is 10.1. The predicted molar refractivity (Wildman–Crippen MR) is 103 cm³/mol. The molecule has 1 unspecified atom stereocenters. The summed E-state index contributed by atoms with van der Waals surface area (Å²) in [5.41, 5.74) is 0.527. The molecule has 0 saturated carbocycles. The molecule has 2 amide bonds. The van der Waals surface area contributed by atoms with Crippen molar-refractivity contribution in [2.75, 3.05) is 25.9 Å². The quantitative estimate of drug-likeness (QED) is 0.870. The lowest BCUT2D eigenvalue weighted by molar-refractivity contribution is 0.175.